The number of anilines is 1. The molecule has 2 atom stereocenters. The first-order valence-electron chi connectivity index (χ1n) is 6.20. The van der Waals surface area contributed by atoms with E-state index in [1.165, 1.54) is 0 Å². The summed E-state index contributed by atoms with van der Waals surface area (Å²) >= 11 is 3.30. The van der Waals surface area contributed by atoms with Crippen LogP contribution in [-0.2, 0) is 9.53 Å². The number of carbonyl (C=O) groups is 2. The predicted octanol–water partition coefficient (Wildman–Crippen LogP) is 2.06. The number of rotatable bonds is 4. The minimum atomic E-state index is -1.05. The van der Waals surface area contributed by atoms with Crippen LogP contribution in [0.2, 0.25) is 0 Å². The third kappa shape index (κ3) is 3.94. The van der Waals surface area contributed by atoms with Gasteiger partial charge in [0.1, 0.15) is 6.04 Å². The fourth-order valence-electron chi connectivity index (χ4n) is 2.04. The zero-order chi connectivity index (χ0) is 14.5. The van der Waals surface area contributed by atoms with Crippen molar-refractivity contribution in [3.8, 4) is 0 Å². The summed E-state index contributed by atoms with van der Waals surface area (Å²) in [5.74, 6) is -1.24. The van der Waals surface area contributed by atoms with Gasteiger partial charge in [-0.1, -0.05) is 15.9 Å². The molecule has 7 heteroatoms. The van der Waals surface area contributed by atoms with Gasteiger partial charge in [0.05, 0.1) is 6.61 Å². The summed E-state index contributed by atoms with van der Waals surface area (Å²) in [5.41, 5.74) is 0.595. The molecule has 20 heavy (non-hydrogen) atoms. The second-order valence-corrected chi connectivity index (χ2v) is 5.46. The Morgan fingerprint density at radius 2 is 2.05 bits per heavy atom. The lowest BCUT2D eigenvalue weighted by atomic mass is 9.99. The zero-order valence-electron chi connectivity index (χ0n) is 10.6. The second-order valence-electron chi connectivity index (χ2n) is 4.54. The van der Waals surface area contributed by atoms with Crippen molar-refractivity contribution in [2.75, 3.05) is 18.5 Å². The number of aliphatic carboxylic acids is 1. The molecule has 1 fully saturated rings. The fraction of sp³-hybridized carbons (Fsp3) is 0.385. The number of hydrogen-bond donors (Lipinski definition) is 3. The molecule has 0 bridgehead atoms. The Morgan fingerprint density at radius 3 is 2.60 bits per heavy atom. The summed E-state index contributed by atoms with van der Waals surface area (Å²) in [4.78, 5) is 23.0. The van der Waals surface area contributed by atoms with Crippen LogP contribution in [0.3, 0.4) is 0 Å². The summed E-state index contributed by atoms with van der Waals surface area (Å²) in [6.07, 6.45) is 0.634. The third-order valence-corrected chi connectivity index (χ3v) is 3.62. The van der Waals surface area contributed by atoms with Gasteiger partial charge in [0.2, 0.25) is 0 Å². The number of carboxylic acids is 1. The van der Waals surface area contributed by atoms with Gasteiger partial charge in [-0.05, 0) is 30.7 Å². The lowest BCUT2D eigenvalue weighted by Crippen LogP contribution is -2.47. The highest BCUT2D eigenvalue weighted by molar-refractivity contribution is 9.10. The van der Waals surface area contributed by atoms with Gasteiger partial charge in [0, 0.05) is 22.7 Å². The first-order chi connectivity index (χ1) is 9.56. The Balaban J connectivity index is 1.94. The van der Waals surface area contributed by atoms with Crippen molar-refractivity contribution in [2.24, 2.45) is 5.92 Å². The number of carboxylic acid groups (broad SMARTS) is 1. The van der Waals surface area contributed by atoms with E-state index < -0.39 is 18.0 Å². The van der Waals surface area contributed by atoms with Crippen LogP contribution in [0.5, 0.6) is 0 Å². The Kier molecular flexibility index (Phi) is 4.97. The Morgan fingerprint density at radius 1 is 1.35 bits per heavy atom. The van der Waals surface area contributed by atoms with Crippen LogP contribution in [-0.4, -0.2) is 36.4 Å². The molecule has 1 aliphatic heterocycles. The highest BCUT2D eigenvalue weighted by atomic mass is 79.9. The average Bonchev–Trinajstić information content (AvgIpc) is 2.92. The van der Waals surface area contributed by atoms with Crippen LogP contribution in [0, 0.1) is 5.92 Å². The molecule has 2 rings (SSSR count). The average molecular weight is 343 g/mol. The molecular weight excluding hydrogens is 328 g/mol. The Bertz CT molecular complexity index is 486. The monoisotopic (exact) mass is 342 g/mol. The number of urea groups is 1. The van der Waals surface area contributed by atoms with Gasteiger partial charge in [-0.15, -0.1) is 0 Å². The number of ether oxygens (including phenoxy) is 1. The largest absolute Gasteiger partial charge is 0.480 e. The molecule has 0 radical (unpaired) electrons. The van der Waals surface area contributed by atoms with Crippen LogP contribution in [0.1, 0.15) is 6.42 Å². The van der Waals surface area contributed by atoms with Crippen LogP contribution in [0.15, 0.2) is 28.7 Å². The van der Waals surface area contributed by atoms with Crippen molar-refractivity contribution in [2.45, 2.75) is 12.5 Å². The van der Waals surface area contributed by atoms with E-state index in [4.69, 9.17) is 4.74 Å². The Labute approximate surface area is 124 Å². The number of amides is 2. The molecule has 1 aromatic carbocycles. The highest BCUT2D eigenvalue weighted by Crippen LogP contribution is 2.18. The van der Waals surface area contributed by atoms with Gasteiger partial charge in [-0.25, -0.2) is 9.59 Å². The molecular formula is C13H15BrN2O4. The van der Waals surface area contributed by atoms with Crippen LogP contribution in [0.25, 0.3) is 0 Å². The number of halogens is 1. The maximum atomic E-state index is 11.8. The maximum Gasteiger partial charge on any atom is 0.326 e. The van der Waals surface area contributed by atoms with Crippen molar-refractivity contribution < 1.29 is 19.4 Å². The Hall–Kier alpha value is -1.60. The lowest BCUT2D eigenvalue weighted by Gasteiger charge is -2.19. The van der Waals surface area contributed by atoms with Crippen molar-refractivity contribution in [1.82, 2.24) is 5.32 Å². The standard InChI is InChI=1S/C13H15BrN2O4/c14-9-1-3-10(4-2-9)15-13(19)16-11(12(17)18)8-5-6-20-7-8/h1-4,8,11H,5-7H2,(H,17,18)(H2,15,16,19). The van der Waals surface area contributed by atoms with E-state index in [-0.39, 0.29) is 5.92 Å². The van der Waals surface area contributed by atoms with E-state index in [1.54, 1.807) is 24.3 Å². The van der Waals surface area contributed by atoms with Gasteiger partial charge < -0.3 is 20.5 Å². The summed E-state index contributed by atoms with van der Waals surface area (Å²) in [7, 11) is 0. The minimum Gasteiger partial charge on any atom is -0.480 e. The highest BCUT2D eigenvalue weighted by Gasteiger charge is 2.32. The first kappa shape index (κ1) is 14.8. The van der Waals surface area contributed by atoms with E-state index in [1.807, 2.05) is 0 Å². The van der Waals surface area contributed by atoms with Crippen LogP contribution >= 0.6 is 15.9 Å². The summed E-state index contributed by atoms with van der Waals surface area (Å²) in [6, 6.07) is 5.54. The normalized spacial score (nSPS) is 19.4. The number of carbonyl (C=O) groups excluding carboxylic acids is 1. The SMILES string of the molecule is O=C(Nc1ccc(Br)cc1)NC(C(=O)O)C1CCOC1. The van der Waals surface area contributed by atoms with Crippen molar-refractivity contribution in [3.63, 3.8) is 0 Å². The van der Waals surface area contributed by atoms with E-state index >= 15 is 0 Å². The van der Waals surface area contributed by atoms with E-state index in [2.05, 4.69) is 26.6 Å². The summed E-state index contributed by atoms with van der Waals surface area (Å²) in [5, 5.41) is 14.3. The lowest BCUT2D eigenvalue weighted by molar-refractivity contribution is -0.140. The molecule has 0 saturated carbocycles. The molecule has 0 aromatic heterocycles. The van der Waals surface area contributed by atoms with Crippen molar-refractivity contribution in [1.29, 1.82) is 0 Å². The molecule has 1 saturated heterocycles. The molecule has 2 unspecified atom stereocenters. The molecule has 108 valence electrons. The minimum absolute atomic E-state index is 0.192. The van der Waals surface area contributed by atoms with E-state index in [0.29, 0.717) is 25.3 Å². The molecule has 0 spiro atoms. The van der Waals surface area contributed by atoms with E-state index in [0.717, 1.165) is 4.47 Å². The summed E-state index contributed by atoms with van der Waals surface area (Å²) in [6.45, 7) is 0.889. The third-order valence-electron chi connectivity index (χ3n) is 3.09. The van der Waals surface area contributed by atoms with Gasteiger partial charge in [-0.2, -0.15) is 0 Å². The van der Waals surface area contributed by atoms with Gasteiger partial charge in [-0.3, -0.25) is 0 Å². The number of hydrogen-bond acceptors (Lipinski definition) is 3. The quantitative estimate of drug-likeness (QED) is 0.781. The molecule has 1 aliphatic rings. The molecule has 6 nitrogen and oxygen atoms in total. The molecule has 0 aliphatic carbocycles. The van der Waals surface area contributed by atoms with Crippen molar-refractivity contribution in [3.05, 3.63) is 28.7 Å². The fourth-order valence-corrected chi connectivity index (χ4v) is 2.30. The van der Waals surface area contributed by atoms with E-state index in [9.17, 15) is 14.7 Å². The van der Waals surface area contributed by atoms with Gasteiger partial charge >= 0.3 is 12.0 Å². The number of benzene rings is 1. The van der Waals surface area contributed by atoms with Crippen LogP contribution in [0.4, 0.5) is 10.5 Å². The van der Waals surface area contributed by atoms with Crippen LogP contribution < -0.4 is 10.6 Å². The van der Waals surface area contributed by atoms with Crippen molar-refractivity contribution >= 4 is 33.6 Å². The number of nitrogens with one attached hydrogen (secondary N) is 2. The smallest absolute Gasteiger partial charge is 0.326 e. The zero-order valence-corrected chi connectivity index (χ0v) is 12.2. The topological polar surface area (TPSA) is 87.7 Å². The predicted molar refractivity (Wildman–Crippen MR) is 76.6 cm³/mol. The maximum absolute atomic E-state index is 11.8. The first-order valence-corrected chi connectivity index (χ1v) is 6.99. The van der Waals surface area contributed by atoms with Gasteiger partial charge in [0.15, 0.2) is 0 Å². The summed E-state index contributed by atoms with van der Waals surface area (Å²) < 4.78 is 6.06. The molecule has 1 aromatic rings. The molecule has 3 N–H and O–H groups in total. The molecule has 2 amide bonds. The van der Waals surface area contributed by atoms with Gasteiger partial charge in [0.25, 0.3) is 0 Å². The molecule has 1 heterocycles. The second kappa shape index (κ2) is 6.71.